The number of aromatic nitrogens is 4. The molecule has 3 aromatic carbocycles. The molecule has 0 bridgehead atoms. The van der Waals surface area contributed by atoms with Gasteiger partial charge in [0.05, 0.1) is 16.7 Å². The van der Waals surface area contributed by atoms with E-state index in [2.05, 4.69) is 22.3 Å². The van der Waals surface area contributed by atoms with Gasteiger partial charge in [-0.15, -0.1) is 10.2 Å². The fourth-order valence-electron chi connectivity index (χ4n) is 3.69. The van der Waals surface area contributed by atoms with Crippen LogP contribution >= 0.6 is 23.4 Å². The lowest BCUT2D eigenvalue weighted by molar-refractivity contribution is 0.526. The van der Waals surface area contributed by atoms with E-state index in [-0.39, 0.29) is 5.56 Å². The molecule has 0 amide bonds. The van der Waals surface area contributed by atoms with Gasteiger partial charge in [0.25, 0.3) is 5.56 Å². The topological polar surface area (TPSA) is 73.8 Å². The number of hydrogen-bond donors (Lipinski definition) is 0. The molecule has 34 heavy (non-hydrogen) atoms. The molecule has 0 radical (unpaired) electrons. The Kier molecular flexibility index (Phi) is 6.74. The normalized spacial score (nSPS) is 11.2. The fourth-order valence-corrected chi connectivity index (χ4v) is 4.68. The highest BCUT2D eigenvalue weighted by atomic mass is 35.5. The lowest BCUT2D eigenvalue weighted by Gasteiger charge is -2.12. The number of thioether (sulfide) groups is 1. The second-order valence-electron chi connectivity index (χ2n) is 7.75. The summed E-state index contributed by atoms with van der Waals surface area (Å²) in [5.74, 6) is 1.30. The molecule has 0 aliphatic heterocycles. The molecule has 5 rings (SSSR count). The second-order valence-corrected chi connectivity index (χ2v) is 9.13. The van der Waals surface area contributed by atoms with Gasteiger partial charge in [0.2, 0.25) is 11.8 Å². The molecule has 6 nitrogen and oxygen atoms in total. The van der Waals surface area contributed by atoms with E-state index in [0.29, 0.717) is 45.2 Å². The van der Waals surface area contributed by atoms with Gasteiger partial charge in [-0.2, -0.15) is 0 Å². The van der Waals surface area contributed by atoms with Crippen molar-refractivity contribution in [1.82, 2.24) is 19.7 Å². The molecule has 0 aliphatic rings. The number of benzene rings is 3. The Morgan fingerprint density at radius 2 is 1.68 bits per heavy atom. The molecule has 0 fully saturated rings. The first-order valence-electron chi connectivity index (χ1n) is 10.9. The standard InChI is InChI=1S/C26H21ClN4O2S/c27-20-14-12-19(13-15-20)24-30-29-23(33-24)17-34-26-28-22-11-5-4-10-21(22)25(32)31(26)16-6-9-18-7-2-1-3-8-18/h1-5,7-8,10-15H,6,9,16-17H2. The first-order valence-corrected chi connectivity index (χ1v) is 12.3. The van der Waals surface area contributed by atoms with Crippen LogP contribution in [-0.4, -0.2) is 19.7 Å². The van der Waals surface area contributed by atoms with E-state index < -0.39 is 0 Å². The van der Waals surface area contributed by atoms with E-state index in [4.69, 9.17) is 21.0 Å². The molecule has 0 saturated carbocycles. The zero-order valence-corrected chi connectivity index (χ0v) is 19.8. The maximum atomic E-state index is 13.3. The first-order chi connectivity index (χ1) is 16.7. The lowest BCUT2D eigenvalue weighted by atomic mass is 10.1. The molecule has 2 heterocycles. The van der Waals surface area contributed by atoms with Crippen molar-refractivity contribution in [2.45, 2.75) is 30.3 Å². The number of hydrogen-bond acceptors (Lipinski definition) is 6. The minimum absolute atomic E-state index is 0.0338. The Morgan fingerprint density at radius 1 is 0.912 bits per heavy atom. The molecular weight excluding hydrogens is 468 g/mol. The summed E-state index contributed by atoms with van der Waals surface area (Å²) in [5.41, 5.74) is 2.70. The van der Waals surface area contributed by atoms with Gasteiger partial charge in [-0.05, 0) is 54.8 Å². The number of fused-ring (bicyclic) bond motifs is 1. The van der Waals surface area contributed by atoms with Crippen LogP contribution in [0.4, 0.5) is 0 Å². The Bertz CT molecular complexity index is 1470. The summed E-state index contributed by atoms with van der Waals surface area (Å²) >= 11 is 7.38. The van der Waals surface area contributed by atoms with Crippen molar-refractivity contribution in [1.29, 1.82) is 0 Å². The van der Waals surface area contributed by atoms with E-state index in [1.54, 1.807) is 16.7 Å². The van der Waals surface area contributed by atoms with Crippen molar-refractivity contribution < 1.29 is 4.42 Å². The predicted octanol–water partition coefficient (Wildman–Crippen LogP) is 6.03. The molecule has 0 saturated heterocycles. The van der Waals surface area contributed by atoms with Crippen LogP contribution in [0.25, 0.3) is 22.4 Å². The van der Waals surface area contributed by atoms with Crippen molar-refractivity contribution >= 4 is 34.3 Å². The van der Waals surface area contributed by atoms with Crippen LogP contribution < -0.4 is 5.56 Å². The Balaban J connectivity index is 1.37. The zero-order chi connectivity index (χ0) is 23.3. The third-order valence-electron chi connectivity index (χ3n) is 5.40. The van der Waals surface area contributed by atoms with Gasteiger partial charge >= 0.3 is 0 Å². The fraction of sp³-hybridized carbons (Fsp3) is 0.154. The number of halogens is 1. The van der Waals surface area contributed by atoms with Crippen LogP contribution in [0.2, 0.25) is 5.02 Å². The van der Waals surface area contributed by atoms with Gasteiger partial charge in [0, 0.05) is 17.1 Å². The highest BCUT2D eigenvalue weighted by molar-refractivity contribution is 7.98. The van der Waals surface area contributed by atoms with Crippen molar-refractivity contribution in [2.75, 3.05) is 0 Å². The maximum Gasteiger partial charge on any atom is 0.262 e. The second kappa shape index (κ2) is 10.2. The third-order valence-corrected chi connectivity index (χ3v) is 6.61. The SMILES string of the molecule is O=c1c2ccccc2nc(SCc2nnc(-c3ccc(Cl)cc3)o2)n1CCCc1ccccc1. The summed E-state index contributed by atoms with van der Waals surface area (Å²) in [5, 5.41) is 10.2. The van der Waals surface area contributed by atoms with Crippen LogP contribution in [-0.2, 0) is 18.7 Å². The average molecular weight is 489 g/mol. The van der Waals surface area contributed by atoms with E-state index in [1.165, 1.54) is 17.3 Å². The molecule has 5 aromatic rings. The van der Waals surface area contributed by atoms with Crippen molar-refractivity contribution in [3.05, 3.63) is 106 Å². The Labute approximate surface area is 205 Å². The van der Waals surface area contributed by atoms with Crippen molar-refractivity contribution in [3.8, 4) is 11.5 Å². The van der Waals surface area contributed by atoms with Gasteiger partial charge < -0.3 is 4.42 Å². The summed E-state index contributed by atoms with van der Waals surface area (Å²) in [6, 6.07) is 24.9. The zero-order valence-electron chi connectivity index (χ0n) is 18.2. The Hall–Kier alpha value is -3.42. The van der Waals surface area contributed by atoms with Crippen LogP contribution in [0.15, 0.2) is 93.2 Å². The highest BCUT2D eigenvalue weighted by Gasteiger charge is 2.14. The highest BCUT2D eigenvalue weighted by Crippen LogP contribution is 2.25. The molecule has 2 aromatic heterocycles. The van der Waals surface area contributed by atoms with Gasteiger partial charge in [-0.25, -0.2) is 4.98 Å². The number of rotatable bonds is 8. The van der Waals surface area contributed by atoms with Crippen LogP contribution in [0.1, 0.15) is 17.9 Å². The predicted molar refractivity (Wildman–Crippen MR) is 135 cm³/mol. The molecule has 8 heteroatoms. The summed E-state index contributed by atoms with van der Waals surface area (Å²) in [4.78, 5) is 18.0. The molecule has 170 valence electrons. The summed E-state index contributed by atoms with van der Waals surface area (Å²) in [6.45, 7) is 0.577. The molecule has 0 unspecified atom stereocenters. The Morgan fingerprint density at radius 3 is 2.50 bits per heavy atom. The van der Waals surface area contributed by atoms with Crippen LogP contribution in [0, 0.1) is 0 Å². The van der Waals surface area contributed by atoms with E-state index in [0.717, 1.165) is 18.4 Å². The van der Waals surface area contributed by atoms with Gasteiger partial charge in [0.1, 0.15) is 0 Å². The monoisotopic (exact) mass is 488 g/mol. The van der Waals surface area contributed by atoms with Crippen LogP contribution in [0.3, 0.4) is 0 Å². The van der Waals surface area contributed by atoms with Gasteiger partial charge in [-0.1, -0.05) is 65.8 Å². The van der Waals surface area contributed by atoms with Crippen molar-refractivity contribution in [3.63, 3.8) is 0 Å². The minimum atomic E-state index is -0.0338. The van der Waals surface area contributed by atoms with Gasteiger partial charge in [-0.3, -0.25) is 9.36 Å². The lowest BCUT2D eigenvalue weighted by Crippen LogP contribution is -2.23. The smallest absolute Gasteiger partial charge is 0.262 e. The average Bonchev–Trinajstić information content (AvgIpc) is 3.34. The summed E-state index contributed by atoms with van der Waals surface area (Å²) < 4.78 is 7.58. The van der Waals surface area contributed by atoms with E-state index >= 15 is 0 Å². The van der Waals surface area contributed by atoms with Crippen molar-refractivity contribution in [2.24, 2.45) is 0 Å². The molecule has 0 N–H and O–H groups in total. The number of nitrogens with zero attached hydrogens (tertiary/aromatic N) is 4. The number of para-hydroxylation sites is 1. The summed E-state index contributed by atoms with van der Waals surface area (Å²) in [6.07, 6.45) is 1.72. The van der Waals surface area contributed by atoms with E-state index in [9.17, 15) is 4.79 Å². The largest absolute Gasteiger partial charge is 0.420 e. The molecular formula is C26H21ClN4O2S. The third kappa shape index (κ3) is 5.05. The van der Waals surface area contributed by atoms with Crippen LogP contribution in [0.5, 0.6) is 0 Å². The molecule has 0 spiro atoms. The summed E-state index contributed by atoms with van der Waals surface area (Å²) in [7, 11) is 0. The minimum Gasteiger partial charge on any atom is -0.420 e. The van der Waals surface area contributed by atoms with E-state index in [1.807, 2.05) is 54.6 Å². The first kappa shape index (κ1) is 22.4. The quantitative estimate of drug-likeness (QED) is 0.196. The number of aryl methyl sites for hydroxylation is 1. The van der Waals surface area contributed by atoms with Gasteiger partial charge in [0.15, 0.2) is 5.16 Å². The molecule has 0 aliphatic carbocycles. The molecule has 0 atom stereocenters. The maximum absolute atomic E-state index is 13.3.